The molecule has 0 aromatic heterocycles. The molecule has 0 spiro atoms. The first-order valence-corrected chi connectivity index (χ1v) is 5.84. The maximum atomic E-state index is 11.7. The molecule has 1 N–H and O–H groups in total. The highest BCUT2D eigenvalue weighted by molar-refractivity contribution is 5.89. The molecule has 0 atom stereocenters. The normalized spacial score (nSPS) is 12.9. The van der Waals surface area contributed by atoms with Gasteiger partial charge in [-0.25, -0.2) is 4.79 Å². The second-order valence-corrected chi connectivity index (χ2v) is 5.11. The molecule has 0 radical (unpaired) electrons. The Morgan fingerprint density at radius 1 is 1.35 bits per heavy atom. The third-order valence-corrected chi connectivity index (χ3v) is 2.32. The van der Waals surface area contributed by atoms with Crippen molar-refractivity contribution in [3.8, 4) is 11.5 Å². The van der Waals surface area contributed by atoms with Gasteiger partial charge >= 0.3 is 6.09 Å². The summed E-state index contributed by atoms with van der Waals surface area (Å²) in [6.07, 6.45) is -0.778. The molecule has 0 unspecified atom stereocenters. The zero-order valence-electron chi connectivity index (χ0n) is 11.3. The highest BCUT2D eigenvalue weighted by Gasteiger charge is 2.26. The largest absolute Gasteiger partial charge is 0.454 e. The van der Waals surface area contributed by atoms with E-state index in [1.807, 2.05) is 0 Å². The van der Waals surface area contributed by atoms with Crippen LogP contribution in [-0.2, 0) is 4.74 Å². The molecule has 20 heavy (non-hydrogen) atoms. The van der Waals surface area contributed by atoms with E-state index in [1.54, 1.807) is 20.8 Å². The van der Waals surface area contributed by atoms with Crippen molar-refractivity contribution in [3.05, 3.63) is 22.2 Å². The molecular weight excluding hydrogens is 268 g/mol. The van der Waals surface area contributed by atoms with Crippen LogP contribution in [0.3, 0.4) is 0 Å². The zero-order valence-corrected chi connectivity index (χ0v) is 11.3. The SMILES string of the molecule is CC(C)(C)OC(=O)Nc1cc2c(cc1[N+](=O)[O-])OCO2. The number of rotatable bonds is 2. The Bertz CT molecular complexity index is 564. The Balaban J connectivity index is 2.26. The van der Waals surface area contributed by atoms with Crippen LogP contribution in [0.25, 0.3) is 0 Å². The van der Waals surface area contributed by atoms with Crippen molar-refractivity contribution < 1.29 is 23.9 Å². The van der Waals surface area contributed by atoms with Crippen LogP contribution in [-0.4, -0.2) is 23.4 Å². The summed E-state index contributed by atoms with van der Waals surface area (Å²) in [5.41, 5.74) is -0.997. The summed E-state index contributed by atoms with van der Waals surface area (Å²) in [7, 11) is 0. The lowest BCUT2D eigenvalue weighted by atomic mass is 10.2. The molecule has 1 aromatic carbocycles. The number of hydrogen-bond acceptors (Lipinski definition) is 6. The molecule has 0 fully saturated rings. The summed E-state index contributed by atoms with van der Waals surface area (Å²) < 4.78 is 15.2. The van der Waals surface area contributed by atoms with E-state index in [9.17, 15) is 14.9 Å². The van der Waals surface area contributed by atoms with Crippen LogP contribution in [0, 0.1) is 10.1 Å². The number of nitrogens with one attached hydrogen (secondary N) is 1. The van der Waals surface area contributed by atoms with E-state index in [0.29, 0.717) is 5.75 Å². The number of nitro groups is 1. The lowest BCUT2D eigenvalue weighted by Crippen LogP contribution is -2.27. The van der Waals surface area contributed by atoms with Crippen LogP contribution in [0.15, 0.2) is 12.1 Å². The van der Waals surface area contributed by atoms with E-state index in [-0.39, 0.29) is 23.9 Å². The molecule has 108 valence electrons. The van der Waals surface area contributed by atoms with Gasteiger partial charge < -0.3 is 14.2 Å². The molecular formula is C12H14N2O6. The molecule has 0 aliphatic carbocycles. The van der Waals surface area contributed by atoms with Crippen molar-refractivity contribution in [2.24, 2.45) is 0 Å². The first-order chi connectivity index (χ1) is 9.26. The predicted octanol–water partition coefficient (Wildman–Crippen LogP) is 2.67. The Kier molecular flexibility index (Phi) is 3.39. The van der Waals surface area contributed by atoms with Crippen LogP contribution in [0.2, 0.25) is 0 Å². The van der Waals surface area contributed by atoms with E-state index < -0.39 is 16.6 Å². The molecule has 0 bridgehead atoms. The van der Waals surface area contributed by atoms with Crippen molar-refractivity contribution in [2.75, 3.05) is 12.1 Å². The fourth-order valence-corrected chi connectivity index (χ4v) is 1.60. The minimum Gasteiger partial charge on any atom is -0.454 e. The summed E-state index contributed by atoms with van der Waals surface area (Å²) in [5.74, 6) is 0.605. The maximum absolute atomic E-state index is 11.7. The van der Waals surface area contributed by atoms with Crippen molar-refractivity contribution in [2.45, 2.75) is 26.4 Å². The summed E-state index contributed by atoms with van der Waals surface area (Å²) >= 11 is 0. The summed E-state index contributed by atoms with van der Waals surface area (Å²) in [4.78, 5) is 22.1. The number of ether oxygens (including phenoxy) is 3. The average Bonchev–Trinajstić information content (AvgIpc) is 2.71. The van der Waals surface area contributed by atoms with Crippen molar-refractivity contribution in [3.63, 3.8) is 0 Å². The maximum Gasteiger partial charge on any atom is 0.412 e. The van der Waals surface area contributed by atoms with Crippen molar-refractivity contribution >= 4 is 17.5 Å². The molecule has 0 saturated heterocycles. The van der Waals surface area contributed by atoms with Gasteiger partial charge in [0.25, 0.3) is 5.69 Å². The molecule has 2 rings (SSSR count). The Labute approximate surface area is 114 Å². The van der Waals surface area contributed by atoms with Gasteiger partial charge in [0.2, 0.25) is 6.79 Å². The van der Waals surface area contributed by atoms with Gasteiger partial charge in [0.05, 0.1) is 11.0 Å². The van der Waals surface area contributed by atoms with Gasteiger partial charge in [-0.1, -0.05) is 0 Å². The van der Waals surface area contributed by atoms with Crippen LogP contribution in [0.4, 0.5) is 16.2 Å². The fourth-order valence-electron chi connectivity index (χ4n) is 1.60. The molecule has 0 saturated carbocycles. The molecule has 8 nitrogen and oxygen atoms in total. The van der Waals surface area contributed by atoms with Crippen LogP contribution in [0.1, 0.15) is 20.8 Å². The Morgan fingerprint density at radius 3 is 2.50 bits per heavy atom. The minimum absolute atomic E-state index is 0.00602. The predicted molar refractivity (Wildman–Crippen MR) is 69.1 cm³/mol. The van der Waals surface area contributed by atoms with E-state index >= 15 is 0 Å². The second-order valence-electron chi connectivity index (χ2n) is 5.11. The molecule has 1 aliphatic heterocycles. The topological polar surface area (TPSA) is 99.9 Å². The highest BCUT2D eigenvalue weighted by atomic mass is 16.7. The van der Waals surface area contributed by atoms with E-state index in [4.69, 9.17) is 14.2 Å². The van der Waals surface area contributed by atoms with Crippen LogP contribution >= 0.6 is 0 Å². The second kappa shape index (κ2) is 4.87. The highest BCUT2D eigenvalue weighted by Crippen LogP contribution is 2.40. The molecule has 1 heterocycles. The molecule has 1 aromatic rings. The molecule has 8 heteroatoms. The summed E-state index contributed by atoms with van der Waals surface area (Å²) in [6, 6.07) is 2.54. The number of nitro benzene ring substituents is 1. The lowest BCUT2D eigenvalue weighted by molar-refractivity contribution is -0.384. The first-order valence-electron chi connectivity index (χ1n) is 5.84. The quantitative estimate of drug-likeness (QED) is 0.661. The summed E-state index contributed by atoms with van der Waals surface area (Å²) in [6.45, 7) is 5.07. The van der Waals surface area contributed by atoms with Crippen LogP contribution < -0.4 is 14.8 Å². The fraction of sp³-hybridized carbons (Fsp3) is 0.417. The number of nitrogens with zero attached hydrogens (tertiary/aromatic N) is 1. The number of amides is 1. The van der Waals surface area contributed by atoms with Gasteiger partial charge in [0, 0.05) is 6.07 Å². The van der Waals surface area contributed by atoms with Crippen LogP contribution in [0.5, 0.6) is 11.5 Å². The van der Waals surface area contributed by atoms with Gasteiger partial charge in [-0.15, -0.1) is 0 Å². The zero-order chi connectivity index (χ0) is 14.9. The Morgan fingerprint density at radius 2 is 1.95 bits per heavy atom. The van der Waals surface area contributed by atoms with Gasteiger partial charge in [0.15, 0.2) is 11.5 Å². The molecule has 1 amide bonds. The van der Waals surface area contributed by atoms with E-state index in [2.05, 4.69) is 5.32 Å². The van der Waals surface area contributed by atoms with Gasteiger partial charge in [-0.2, -0.15) is 0 Å². The average molecular weight is 282 g/mol. The number of carbonyl (C=O) groups excluding carboxylic acids is 1. The van der Waals surface area contributed by atoms with Crippen molar-refractivity contribution in [1.82, 2.24) is 0 Å². The number of carbonyl (C=O) groups is 1. The monoisotopic (exact) mass is 282 g/mol. The standard InChI is InChI=1S/C12H14N2O6/c1-12(2,3)20-11(15)13-7-4-9-10(19-6-18-9)5-8(7)14(16)17/h4-5H,6H2,1-3H3,(H,13,15). The smallest absolute Gasteiger partial charge is 0.412 e. The third kappa shape index (κ3) is 3.08. The van der Waals surface area contributed by atoms with E-state index in [1.165, 1.54) is 12.1 Å². The van der Waals surface area contributed by atoms with E-state index in [0.717, 1.165) is 0 Å². The van der Waals surface area contributed by atoms with Gasteiger partial charge in [-0.05, 0) is 20.8 Å². The Hall–Kier alpha value is -2.51. The first kappa shape index (κ1) is 13.9. The summed E-state index contributed by atoms with van der Waals surface area (Å²) in [5, 5.41) is 13.3. The molecule has 1 aliphatic rings. The van der Waals surface area contributed by atoms with Crippen molar-refractivity contribution in [1.29, 1.82) is 0 Å². The lowest BCUT2D eigenvalue weighted by Gasteiger charge is -2.19. The minimum atomic E-state index is -0.778. The third-order valence-electron chi connectivity index (χ3n) is 2.32. The number of hydrogen-bond donors (Lipinski definition) is 1. The van der Waals surface area contributed by atoms with Gasteiger partial charge in [0.1, 0.15) is 11.3 Å². The van der Waals surface area contributed by atoms with Gasteiger partial charge in [-0.3, -0.25) is 15.4 Å². The number of anilines is 1. The number of fused-ring (bicyclic) bond motifs is 1. The number of benzene rings is 1.